The fourth-order valence-corrected chi connectivity index (χ4v) is 4.53. The number of nitrogens with zero attached hydrogens (tertiary/aromatic N) is 1. The molecule has 5 N–H and O–H groups in total. The van der Waals surface area contributed by atoms with Crippen LogP contribution in [0.5, 0.6) is 0 Å². The van der Waals surface area contributed by atoms with E-state index in [1.165, 1.54) is 0 Å². The Morgan fingerprint density at radius 2 is 1.97 bits per heavy atom. The van der Waals surface area contributed by atoms with Crippen molar-refractivity contribution < 1.29 is 9.59 Å². The molecule has 1 fully saturated rings. The van der Waals surface area contributed by atoms with Crippen LogP contribution in [0, 0.1) is 11.8 Å². The summed E-state index contributed by atoms with van der Waals surface area (Å²) in [6.07, 6.45) is 9.87. The van der Waals surface area contributed by atoms with Crippen LogP contribution in [0.2, 0.25) is 0 Å². The molecule has 1 aromatic carbocycles. The molecule has 0 radical (unpaired) electrons. The number of nitrogens with one attached hydrogen (secondary N) is 3. The second-order valence-electron chi connectivity index (χ2n) is 8.66. The Labute approximate surface area is 183 Å². The van der Waals surface area contributed by atoms with Crippen molar-refractivity contribution in [2.45, 2.75) is 50.7 Å². The van der Waals surface area contributed by atoms with Crippen molar-refractivity contribution in [2.75, 3.05) is 6.54 Å². The van der Waals surface area contributed by atoms with E-state index in [1.807, 2.05) is 36.4 Å². The van der Waals surface area contributed by atoms with E-state index >= 15 is 0 Å². The number of carbonyl (C=O) groups excluding carboxylic acids is 2. The molecule has 2 atom stereocenters. The lowest BCUT2D eigenvalue weighted by atomic mass is 9.81. The zero-order valence-electron chi connectivity index (χ0n) is 17.7. The number of hydrogen-bond donors (Lipinski definition) is 4. The summed E-state index contributed by atoms with van der Waals surface area (Å²) >= 11 is 0. The molecule has 1 aliphatic heterocycles. The number of amides is 1. The topological polar surface area (TPSA) is 109 Å². The lowest BCUT2D eigenvalue weighted by molar-refractivity contribution is -0.126. The first-order valence-corrected chi connectivity index (χ1v) is 11.2. The van der Waals surface area contributed by atoms with Crippen molar-refractivity contribution in [1.82, 2.24) is 16.1 Å². The highest BCUT2D eigenvalue weighted by atomic mass is 16.2. The number of ketones is 1. The average molecular weight is 422 g/mol. The van der Waals surface area contributed by atoms with Crippen LogP contribution in [0.25, 0.3) is 0 Å². The van der Waals surface area contributed by atoms with E-state index in [9.17, 15) is 9.59 Å². The second kappa shape index (κ2) is 9.92. The van der Waals surface area contributed by atoms with Crippen molar-refractivity contribution in [3.05, 3.63) is 59.7 Å². The maximum atomic E-state index is 13.1. The van der Waals surface area contributed by atoms with Crippen LogP contribution in [0.4, 0.5) is 0 Å². The number of rotatable bonds is 7. The quantitative estimate of drug-likeness (QED) is 0.540. The summed E-state index contributed by atoms with van der Waals surface area (Å²) < 4.78 is 0. The van der Waals surface area contributed by atoms with Gasteiger partial charge in [-0.2, -0.15) is 5.10 Å². The largest absolute Gasteiger partial charge is 0.346 e. The highest BCUT2D eigenvalue weighted by Crippen LogP contribution is 2.29. The molecule has 0 aromatic heterocycles. The van der Waals surface area contributed by atoms with Crippen LogP contribution in [-0.2, 0) is 9.59 Å². The summed E-state index contributed by atoms with van der Waals surface area (Å²) in [5.74, 6) is 1.38. The molecule has 7 heteroatoms. The van der Waals surface area contributed by atoms with Gasteiger partial charge < -0.3 is 16.4 Å². The van der Waals surface area contributed by atoms with Gasteiger partial charge in [0.1, 0.15) is 12.0 Å². The molecule has 1 amide bonds. The number of allylic oxidation sites excluding steroid dienone is 3. The zero-order valence-corrected chi connectivity index (χ0v) is 17.7. The van der Waals surface area contributed by atoms with Gasteiger partial charge in [0.05, 0.1) is 6.04 Å². The van der Waals surface area contributed by atoms with Gasteiger partial charge in [0.25, 0.3) is 0 Å². The molecule has 7 nitrogen and oxygen atoms in total. The van der Waals surface area contributed by atoms with Crippen molar-refractivity contribution in [3.63, 3.8) is 0 Å². The highest BCUT2D eigenvalue weighted by Gasteiger charge is 2.31. The third-order valence-corrected chi connectivity index (χ3v) is 6.42. The van der Waals surface area contributed by atoms with E-state index < -0.39 is 0 Å². The van der Waals surface area contributed by atoms with E-state index in [2.05, 4.69) is 21.2 Å². The number of hydrogen-bond acceptors (Lipinski definition) is 6. The van der Waals surface area contributed by atoms with Crippen molar-refractivity contribution in [2.24, 2.45) is 22.7 Å². The molecule has 0 spiro atoms. The van der Waals surface area contributed by atoms with Crippen molar-refractivity contribution in [1.29, 1.82) is 0 Å². The zero-order chi connectivity index (χ0) is 21.6. The molecule has 1 unspecified atom stereocenters. The second-order valence-corrected chi connectivity index (χ2v) is 8.66. The van der Waals surface area contributed by atoms with Gasteiger partial charge in [-0.25, -0.2) is 0 Å². The van der Waals surface area contributed by atoms with Crippen LogP contribution in [-0.4, -0.2) is 30.1 Å². The highest BCUT2D eigenvalue weighted by molar-refractivity contribution is 5.95. The summed E-state index contributed by atoms with van der Waals surface area (Å²) in [5.41, 5.74) is 11.0. The number of benzene rings is 1. The SMILES string of the molecule is NC[C@H]1CC[C@H](C(=O)NC(CC2=CC=CC(=O)C2)C2=NN[C@@H](c3ccccc3)N2)CC1. The Morgan fingerprint density at radius 1 is 1.19 bits per heavy atom. The van der Waals surface area contributed by atoms with Crippen LogP contribution >= 0.6 is 0 Å². The smallest absolute Gasteiger partial charge is 0.223 e. The molecule has 3 aliphatic rings. The van der Waals surface area contributed by atoms with E-state index in [1.54, 1.807) is 12.2 Å². The van der Waals surface area contributed by atoms with Gasteiger partial charge in [-0.3, -0.25) is 15.0 Å². The van der Waals surface area contributed by atoms with Gasteiger partial charge >= 0.3 is 0 Å². The number of nitrogens with two attached hydrogens (primary N) is 1. The number of hydrazone groups is 1. The predicted molar refractivity (Wildman–Crippen MR) is 121 cm³/mol. The summed E-state index contributed by atoms with van der Waals surface area (Å²) in [7, 11) is 0. The van der Waals surface area contributed by atoms with E-state index in [4.69, 9.17) is 5.73 Å². The molecule has 0 bridgehead atoms. The molecule has 4 rings (SSSR count). The summed E-state index contributed by atoms with van der Waals surface area (Å²) in [6, 6.07) is 9.69. The number of carbonyl (C=O) groups is 2. The lowest BCUT2D eigenvalue weighted by Crippen LogP contribution is -2.48. The van der Waals surface area contributed by atoms with Crippen LogP contribution < -0.4 is 21.8 Å². The summed E-state index contributed by atoms with van der Waals surface area (Å²) in [4.78, 5) is 24.9. The lowest BCUT2D eigenvalue weighted by Gasteiger charge is -2.29. The average Bonchev–Trinajstić information content (AvgIpc) is 3.30. The van der Waals surface area contributed by atoms with Crippen LogP contribution in [0.15, 0.2) is 59.2 Å². The van der Waals surface area contributed by atoms with Gasteiger partial charge in [0, 0.05) is 12.3 Å². The fraction of sp³-hybridized carbons (Fsp3) is 0.458. The molecular formula is C24H31N5O2. The Kier molecular flexibility index (Phi) is 6.82. The van der Waals surface area contributed by atoms with Crippen molar-refractivity contribution >= 4 is 17.5 Å². The van der Waals surface area contributed by atoms with E-state index in [0.717, 1.165) is 36.8 Å². The molecule has 2 aliphatic carbocycles. The van der Waals surface area contributed by atoms with Gasteiger partial charge in [0.2, 0.25) is 5.91 Å². The third-order valence-electron chi connectivity index (χ3n) is 6.42. The van der Waals surface area contributed by atoms with Gasteiger partial charge in [0.15, 0.2) is 5.78 Å². The van der Waals surface area contributed by atoms with Crippen molar-refractivity contribution in [3.8, 4) is 0 Å². The first kappa shape index (κ1) is 21.3. The molecule has 0 saturated heterocycles. The Balaban J connectivity index is 1.44. The summed E-state index contributed by atoms with van der Waals surface area (Å²) in [6.45, 7) is 0.694. The standard InChI is InChI=1S/C24H31N5O2/c25-15-16-9-11-19(12-10-16)24(31)26-21(14-17-5-4-8-20(30)13-17)23-27-22(28-29-23)18-6-2-1-3-7-18/h1-8,16,19,21-22,28H,9-15,25H2,(H,26,31)(H,27,29)/t16-,19-,21?,22-/m0/s1. The minimum atomic E-state index is -0.313. The van der Waals surface area contributed by atoms with Gasteiger partial charge in [-0.15, -0.1) is 0 Å². The minimum Gasteiger partial charge on any atom is -0.346 e. The first-order chi connectivity index (χ1) is 15.1. The molecule has 1 saturated carbocycles. The molecule has 31 heavy (non-hydrogen) atoms. The Hall–Kier alpha value is -2.93. The molecule has 164 valence electrons. The minimum absolute atomic E-state index is 0.00652. The number of amidine groups is 1. The maximum absolute atomic E-state index is 13.1. The van der Waals surface area contributed by atoms with E-state index in [0.29, 0.717) is 31.1 Å². The van der Waals surface area contributed by atoms with Gasteiger partial charge in [-0.05, 0) is 56.2 Å². The normalized spacial score (nSPS) is 26.4. The van der Waals surface area contributed by atoms with Crippen LogP contribution in [0.1, 0.15) is 50.3 Å². The fourth-order valence-electron chi connectivity index (χ4n) is 4.53. The van der Waals surface area contributed by atoms with Gasteiger partial charge in [-0.1, -0.05) is 48.1 Å². The molecular weight excluding hydrogens is 390 g/mol. The third kappa shape index (κ3) is 5.41. The maximum Gasteiger partial charge on any atom is 0.223 e. The first-order valence-electron chi connectivity index (χ1n) is 11.2. The monoisotopic (exact) mass is 421 g/mol. The Bertz CT molecular complexity index is 884. The predicted octanol–water partition coefficient (Wildman–Crippen LogP) is 2.29. The summed E-state index contributed by atoms with van der Waals surface area (Å²) in [5, 5.41) is 11.1. The van der Waals surface area contributed by atoms with Crippen LogP contribution in [0.3, 0.4) is 0 Å². The molecule has 1 aromatic rings. The van der Waals surface area contributed by atoms with E-state index in [-0.39, 0.29) is 29.8 Å². The molecule has 1 heterocycles. The Morgan fingerprint density at radius 3 is 2.68 bits per heavy atom.